The molecule has 4 atom stereocenters. The van der Waals surface area contributed by atoms with Gasteiger partial charge in [0.1, 0.15) is 18.1 Å². The van der Waals surface area contributed by atoms with Crippen molar-refractivity contribution in [3.8, 4) is 0 Å². The number of carbonyl (C=O) groups is 4. The van der Waals surface area contributed by atoms with E-state index in [1.807, 2.05) is 6.26 Å². The number of H-pyrrole nitrogens is 1. The highest BCUT2D eigenvalue weighted by atomic mass is 32.2. The summed E-state index contributed by atoms with van der Waals surface area (Å²) in [4.78, 5) is 60.4. The Labute approximate surface area is 218 Å². The molecule has 0 aromatic carbocycles. The number of aromatic amines is 1. The minimum absolute atomic E-state index is 0.0673. The number of aliphatic imine (C=N–C) groups is 1. The first-order valence-electron chi connectivity index (χ1n) is 11.1. The molecule has 0 saturated carbocycles. The van der Waals surface area contributed by atoms with Crippen molar-refractivity contribution < 1.29 is 24.3 Å². The van der Waals surface area contributed by atoms with Crippen LogP contribution in [0.4, 0.5) is 0 Å². The highest BCUT2D eigenvalue weighted by Gasteiger charge is 2.29. The number of aliphatic carboxylic acids is 1. The summed E-state index contributed by atoms with van der Waals surface area (Å²) in [7, 11) is 0. The molecule has 202 valence electrons. The third-order valence-corrected chi connectivity index (χ3v) is 5.96. The monoisotopic (exact) mass is 545 g/mol. The number of thioether (sulfide) groups is 1. The fourth-order valence-corrected chi connectivity index (χ4v) is 3.74. The summed E-state index contributed by atoms with van der Waals surface area (Å²) < 4.78 is 0. The van der Waals surface area contributed by atoms with Gasteiger partial charge >= 0.3 is 5.97 Å². The van der Waals surface area contributed by atoms with Crippen LogP contribution in [0.25, 0.3) is 0 Å². The number of hydrogen-bond acceptors (Lipinski definition) is 9. The Morgan fingerprint density at radius 1 is 1.11 bits per heavy atom. The molecule has 0 bridgehead atoms. The topological polar surface area (TPSA) is 244 Å². The number of nitrogens with one attached hydrogen (secondary N) is 4. The highest BCUT2D eigenvalue weighted by molar-refractivity contribution is 7.98. The molecule has 1 heterocycles. The first-order chi connectivity index (χ1) is 17.1. The Bertz CT molecular complexity index is 881. The molecule has 0 radical (unpaired) electrons. The molecule has 0 aliphatic rings. The maximum atomic E-state index is 12.9. The molecular formula is C20H35N9O5S2. The van der Waals surface area contributed by atoms with Crippen LogP contribution >= 0.6 is 24.4 Å². The minimum atomic E-state index is -1.19. The number of nitrogens with two attached hydrogens (primary N) is 3. The van der Waals surface area contributed by atoms with Gasteiger partial charge in [-0.05, 0) is 31.3 Å². The van der Waals surface area contributed by atoms with Crippen LogP contribution in [0.1, 0.15) is 25.0 Å². The summed E-state index contributed by atoms with van der Waals surface area (Å²) in [5.41, 5.74) is 17.2. The predicted molar refractivity (Wildman–Crippen MR) is 140 cm³/mol. The number of carboxylic acid groups (broad SMARTS) is 1. The van der Waals surface area contributed by atoms with Gasteiger partial charge in [-0.15, -0.1) is 0 Å². The van der Waals surface area contributed by atoms with E-state index in [9.17, 15) is 24.3 Å². The number of carbonyl (C=O) groups excluding carboxylic acids is 3. The SMILES string of the molecule is CSCCC(NC(=O)C(CCCN=C(N)N)NC(=O)C(CS)NC(=O)C(N)Cc1cnc[nH]1)C(=O)O. The van der Waals surface area contributed by atoms with Gasteiger partial charge in [-0.1, -0.05) is 0 Å². The quantitative estimate of drug-likeness (QED) is 0.0433. The fourth-order valence-electron chi connectivity index (χ4n) is 3.01. The maximum absolute atomic E-state index is 12.9. The van der Waals surface area contributed by atoms with Crippen molar-refractivity contribution in [3.05, 3.63) is 18.2 Å². The zero-order valence-corrected chi connectivity index (χ0v) is 21.7. The minimum Gasteiger partial charge on any atom is -0.480 e. The smallest absolute Gasteiger partial charge is 0.326 e. The summed E-state index contributed by atoms with van der Waals surface area (Å²) in [5.74, 6) is -2.79. The average molecular weight is 546 g/mol. The molecule has 1 aromatic rings. The molecule has 3 amide bonds. The molecule has 0 saturated heterocycles. The van der Waals surface area contributed by atoms with E-state index in [1.54, 1.807) is 0 Å². The van der Waals surface area contributed by atoms with Gasteiger partial charge in [-0.3, -0.25) is 19.4 Å². The molecule has 0 aliphatic heterocycles. The third kappa shape index (κ3) is 11.6. The van der Waals surface area contributed by atoms with Gasteiger partial charge in [0.2, 0.25) is 17.7 Å². The van der Waals surface area contributed by atoms with Crippen LogP contribution in [0.3, 0.4) is 0 Å². The Hall–Kier alpha value is -2.98. The number of imidazole rings is 1. The molecule has 1 rings (SSSR count). The van der Waals surface area contributed by atoms with Crippen LogP contribution < -0.4 is 33.2 Å². The zero-order chi connectivity index (χ0) is 27.1. The predicted octanol–water partition coefficient (Wildman–Crippen LogP) is -2.44. The summed E-state index contributed by atoms with van der Waals surface area (Å²) >= 11 is 5.57. The first-order valence-corrected chi connectivity index (χ1v) is 13.1. The summed E-state index contributed by atoms with van der Waals surface area (Å²) in [6.45, 7) is 0.200. The van der Waals surface area contributed by atoms with Crippen LogP contribution in [-0.4, -0.2) is 93.2 Å². The number of amides is 3. The number of hydrogen-bond donors (Lipinski definition) is 9. The van der Waals surface area contributed by atoms with Gasteiger partial charge < -0.3 is 43.2 Å². The summed E-state index contributed by atoms with van der Waals surface area (Å²) in [6.07, 6.45) is 5.64. The van der Waals surface area contributed by atoms with Crippen molar-refractivity contribution in [2.75, 3.05) is 24.3 Å². The Morgan fingerprint density at radius 3 is 2.31 bits per heavy atom. The van der Waals surface area contributed by atoms with E-state index >= 15 is 0 Å². The van der Waals surface area contributed by atoms with Crippen molar-refractivity contribution in [3.63, 3.8) is 0 Å². The molecule has 11 N–H and O–H groups in total. The second kappa shape index (κ2) is 16.6. The van der Waals surface area contributed by atoms with Gasteiger partial charge in [0.25, 0.3) is 0 Å². The van der Waals surface area contributed by atoms with Crippen molar-refractivity contribution >= 4 is 54.0 Å². The Balaban J connectivity index is 2.86. The van der Waals surface area contributed by atoms with Crippen LogP contribution in [0, 0.1) is 0 Å². The molecule has 0 aliphatic carbocycles. The number of aromatic nitrogens is 2. The first kappa shape index (κ1) is 31.1. The van der Waals surface area contributed by atoms with E-state index in [4.69, 9.17) is 17.2 Å². The van der Waals surface area contributed by atoms with Gasteiger partial charge in [0, 0.05) is 30.6 Å². The highest BCUT2D eigenvalue weighted by Crippen LogP contribution is 2.05. The Kier molecular flexibility index (Phi) is 14.4. The molecule has 16 heteroatoms. The number of nitrogens with zero attached hydrogens (tertiary/aromatic N) is 2. The normalized spacial score (nSPS) is 14.1. The van der Waals surface area contributed by atoms with Crippen LogP contribution in [0.15, 0.2) is 17.5 Å². The molecule has 4 unspecified atom stereocenters. The largest absolute Gasteiger partial charge is 0.480 e. The van der Waals surface area contributed by atoms with Crippen molar-refractivity contribution in [2.24, 2.45) is 22.2 Å². The van der Waals surface area contributed by atoms with E-state index in [-0.39, 0.29) is 37.5 Å². The number of carboxylic acids is 1. The molecule has 14 nitrogen and oxygen atoms in total. The molecule has 36 heavy (non-hydrogen) atoms. The summed E-state index contributed by atoms with van der Waals surface area (Å²) in [5, 5.41) is 17.0. The van der Waals surface area contributed by atoms with Crippen LogP contribution in [0.2, 0.25) is 0 Å². The van der Waals surface area contributed by atoms with E-state index < -0.39 is 47.9 Å². The van der Waals surface area contributed by atoms with Gasteiger partial charge in [0.05, 0.1) is 12.4 Å². The zero-order valence-electron chi connectivity index (χ0n) is 20.0. The van der Waals surface area contributed by atoms with E-state index in [0.717, 1.165) is 0 Å². The van der Waals surface area contributed by atoms with Crippen molar-refractivity contribution in [2.45, 2.75) is 49.9 Å². The lowest BCUT2D eigenvalue weighted by Crippen LogP contribution is -2.57. The second-order valence-electron chi connectivity index (χ2n) is 7.82. The maximum Gasteiger partial charge on any atom is 0.326 e. The second-order valence-corrected chi connectivity index (χ2v) is 9.17. The van der Waals surface area contributed by atoms with E-state index in [2.05, 4.69) is 43.5 Å². The van der Waals surface area contributed by atoms with Crippen LogP contribution in [0.5, 0.6) is 0 Å². The van der Waals surface area contributed by atoms with Gasteiger partial charge in [0.15, 0.2) is 5.96 Å². The molecule has 0 spiro atoms. The fraction of sp³-hybridized carbons (Fsp3) is 0.600. The third-order valence-electron chi connectivity index (χ3n) is 4.95. The summed E-state index contributed by atoms with van der Waals surface area (Å²) in [6, 6.07) is -4.26. The van der Waals surface area contributed by atoms with E-state index in [1.165, 1.54) is 24.3 Å². The van der Waals surface area contributed by atoms with Crippen molar-refractivity contribution in [1.29, 1.82) is 0 Å². The molecule has 1 aromatic heterocycles. The lowest BCUT2D eigenvalue weighted by atomic mass is 10.1. The number of rotatable bonds is 17. The molecule has 0 fully saturated rings. The van der Waals surface area contributed by atoms with Crippen molar-refractivity contribution in [1.82, 2.24) is 25.9 Å². The lowest BCUT2D eigenvalue weighted by Gasteiger charge is -2.24. The standard InChI is InChI=1S/C20H35N9O5S2/c1-36-6-4-14(19(33)34)28-17(31)13(3-2-5-25-20(22)23)27-18(32)15(9-35)29-16(30)12(21)7-11-8-24-10-26-11/h8,10,12-15,35H,2-7,9,21H2,1H3,(H,24,26)(H,27,32)(H,28,31)(H,29,30)(H,33,34)(H4,22,23,25). The van der Waals surface area contributed by atoms with Crippen LogP contribution in [-0.2, 0) is 25.6 Å². The van der Waals surface area contributed by atoms with E-state index in [0.29, 0.717) is 17.9 Å². The Morgan fingerprint density at radius 2 is 1.75 bits per heavy atom. The van der Waals surface area contributed by atoms with Gasteiger partial charge in [-0.25, -0.2) is 9.78 Å². The average Bonchev–Trinajstić information content (AvgIpc) is 3.34. The molecular weight excluding hydrogens is 510 g/mol. The number of thiol groups is 1. The van der Waals surface area contributed by atoms with Gasteiger partial charge in [-0.2, -0.15) is 24.4 Å². The lowest BCUT2D eigenvalue weighted by molar-refractivity contribution is -0.142. The number of guanidine groups is 1.